The van der Waals surface area contributed by atoms with Gasteiger partial charge in [-0.2, -0.15) is 13.2 Å². The van der Waals surface area contributed by atoms with Crippen LogP contribution in [0.15, 0.2) is 36.4 Å². The molecule has 2 aromatic carbocycles. The molecular weight excluding hydrogens is 600 g/mol. The van der Waals surface area contributed by atoms with Crippen LogP contribution in [0.4, 0.5) is 22.0 Å². The van der Waals surface area contributed by atoms with E-state index in [0.717, 1.165) is 17.2 Å². The summed E-state index contributed by atoms with van der Waals surface area (Å²) in [5.74, 6) is -2.47. The van der Waals surface area contributed by atoms with Crippen LogP contribution in [-0.4, -0.2) is 74.5 Å². The van der Waals surface area contributed by atoms with Crippen molar-refractivity contribution >= 4 is 39.1 Å². The van der Waals surface area contributed by atoms with E-state index in [2.05, 4.69) is 0 Å². The second-order valence-corrected chi connectivity index (χ2v) is 12.9. The van der Waals surface area contributed by atoms with Crippen LogP contribution < -0.4 is 0 Å². The number of benzene rings is 2. The standard InChI is InChI=1S/C26H30Cl2F5N3O3S/c1-34(16-17-4-7-23(29)20(14-17)26(31,32)33)24(37)25(30,18-5-6-21(27)22(28)15-18)10-13-36-11-8-19(9-12-36)35(2)40(3,38)39/h4-7,14-15,19H,8-13,16H2,1-3H3. The highest BCUT2D eigenvalue weighted by Crippen LogP contribution is 2.37. The molecule has 0 N–H and O–H groups in total. The molecule has 40 heavy (non-hydrogen) atoms. The Bertz CT molecular complexity index is 1340. The van der Waals surface area contributed by atoms with Crippen molar-refractivity contribution in [2.24, 2.45) is 0 Å². The minimum Gasteiger partial charge on any atom is -0.338 e. The van der Waals surface area contributed by atoms with Crippen molar-refractivity contribution in [2.75, 3.05) is 40.0 Å². The maximum absolute atomic E-state index is 16.8. The highest BCUT2D eigenvalue weighted by molar-refractivity contribution is 7.88. The summed E-state index contributed by atoms with van der Waals surface area (Å²) in [5.41, 5.74) is -4.19. The third-order valence-electron chi connectivity index (χ3n) is 7.19. The van der Waals surface area contributed by atoms with Gasteiger partial charge in [-0.3, -0.25) is 4.79 Å². The molecule has 0 aromatic heterocycles. The molecule has 1 fully saturated rings. The second-order valence-electron chi connectivity index (χ2n) is 10.0. The van der Waals surface area contributed by atoms with E-state index in [-0.39, 0.29) is 40.2 Å². The Morgan fingerprint density at radius 2 is 1.65 bits per heavy atom. The van der Waals surface area contributed by atoms with Gasteiger partial charge < -0.3 is 9.80 Å². The number of likely N-dealkylation sites (N-methyl/N-ethyl adjacent to an activating group) is 1. The molecule has 0 spiro atoms. The normalized spacial score (nSPS) is 17.2. The maximum Gasteiger partial charge on any atom is 0.419 e. The van der Waals surface area contributed by atoms with Gasteiger partial charge >= 0.3 is 6.18 Å². The first kappa shape index (κ1) is 32.5. The molecule has 0 saturated carbocycles. The Morgan fingerprint density at radius 3 is 2.20 bits per heavy atom. The van der Waals surface area contributed by atoms with Crippen LogP contribution in [-0.2, 0) is 33.2 Å². The fraction of sp³-hybridized carbons (Fsp3) is 0.500. The molecule has 3 rings (SSSR count). The number of likely N-dealkylation sites (tertiary alicyclic amines) is 1. The van der Waals surface area contributed by atoms with E-state index in [4.69, 9.17) is 23.2 Å². The van der Waals surface area contributed by atoms with Crippen molar-refractivity contribution in [3.63, 3.8) is 0 Å². The number of rotatable bonds is 9. The number of piperidine rings is 1. The summed E-state index contributed by atoms with van der Waals surface area (Å²) in [4.78, 5) is 16.4. The molecule has 1 aliphatic heterocycles. The van der Waals surface area contributed by atoms with Crippen molar-refractivity contribution in [3.05, 3.63) is 69.0 Å². The molecule has 1 heterocycles. The largest absolute Gasteiger partial charge is 0.419 e. The molecule has 1 saturated heterocycles. The maximum atomic E-state index is 16.8. The average Bonchev–Trinajstić information content (AvgIpc) is 2.88. The lowest BCUT2D eigenvalue weighted by atomic mass is 9.89. The van der Waals surface area contributed by atoms with Gasteiger partial charge in [-0.15, -0.1) is 0 Å². The molecule has 0 bridgehead atoms. The van der Waals surface area contributed by atoms with Crippen LogP contribution in [0.3, 0.4) is 0 Å². The SMILES string of the molecule is CN(Cc1ccc(F)c(C(F)(F)F)c1)C(=O)C(F)(CCN1CCC(N(C)S(C)(=O)=O)CC1)c1ccc(Cl)c(Cl)c1. The van der Waals surface area contributed by atoms with Gasteiger partial charge in [0.05, 0.1) is 21.9 Å². The van der Waals surface area contributed by atoms with Gasteiger partial charge in [-0.05, 0) is 55.8 Å². The Balaban J connectivity index is 1.81. The van der Waals surface area contributed by atoms with Gasteiger partial charge in [-0.1, -0.05) is 35.3 Å². The van der Waals surface area contributed by atoms with E-state index in [0.29, 0.717) is 38.1 Å². The lowest BCUT2D eigenvalue weighted by molar-refractivity contribution is -0.145. The van der Waals surface area contributed by atoms with Gasteiger partial charge in [0, 0.05) is 45.2 Å². The summed E-state index contributed by atoms with van der Waals surface area (Å²) in [6, 6.07) is 6.07. The van der Waals surface area contributed by atoms with E-state index in [1.807, 2.05) is 4.90 Å². The van der Waals surface area contributed by atoms with Crippen LogP contribution >= 0.6 is 23.2 Å². The summed E-state index contributed by atoms with van der Waals surface area (Å²) in [5, 5.41) is 0.172. The van der Waals surface area contributed by atoms with Crippen molar-refractivity contribution in [1.82, 2.24) is 14.1 Å². The van der Waals surface area contributed by atoms with Crippen LogP contribution in [0.25, 0.3) is 0 Å². The third kappa shape index (κ3) is 7.64. The number of amides is 1. The number of sulfonamides is 1. The lowest BCUT2D eigenvalue weighted by Crippen LogP contribution is -2.48. The predicted molar refractivity (Wildman–Crippen MR) is 144 cm³/mol. The zero-order valence-corrected chi connectivity index (χ0v) is 24.4. The first-order chi connectivity index (χ1) is 18.4. The Morgan fingerprint density at radius 1 is 1.02 bits per heavy atom. The van der Waals surface area contributed by atoms with Crippen LogP contribution in [0, 0.1) is 5.82 Å². The van der Waals surface area contributed by atoms with Crippen LogP contribution in [0.2, 0.25) is 10.0 Å². The highest BCUT2D eigenvalue weighted by Gasteiger charge is 2.43. The third-order valence-corrected chi connectivity index (χ3v) is 9.27. The summed E-state index contributed by atoms with van der Waals surface area (Å²) in [6.07, 6.45) is -3.06. The van der Waals surface area contributed by atoms with Gasteiger partial charge in [0.1, 0.15) is 5.82 Å². The highest BCUT2D eigenvalue weighted by atomic mass is 35.5. The van der Waals surface area contributed by atoms with Crippen molar-refractivity contribution in [2.45, 2.75) is 43.7 Å². The predicted octanol–water partition coefficient (Wildman–Crippen LogP) is 5.72. The van der Waals surface area contributed by atoms with E-state index in [9.17, 15) is 30.8 Å². The van der Waals surface area contributed by atoms with Crippen molar-refractivity contribution < 1.29 is 35.2 Å². The zero-order chi connectivity index (χ0) is 30.0. The number of alkyl halides is 4. The molecule has 1 aliphatic rings. The van der Waals surface area contributed by atoms with Gasteiger partial charge in [0.2, 0.25) is 15.7 Å². The number of halogens is 7. The molecule has 222 valence electrons. The lowest BCUT2D eigenvalue weighted by Gasteiger charge is -2.37. The molecular formula is C26H30Cl2F5N3O3S. The molecule has 0 radical (unpaired) electrons. The van der Waals surface area contributed by atoms with E-state index in [1.54, 1.807) is 0 Å². The van der Waals surface area contributed by atoms with Gasteiger partial charge in [0.15, 0.2) is 0 Å². The topological polar surface area (TPSA) is 60.9 Å². The van der Waals surface area contributed by atoms with Crippen LogP contribution in [0.1, 0.15) is 36.0 Å². The summed E-state index contributed by atoms with van der Waals surface area (Å²) >= 11 is 12.1. The minimum atomic E-state index is -4.93. The summed E-state index contributed by atoms with van der Waals surface area (Å²) in [6.45, 7) is 0.683. The van der Waals surface area contributed by atoms with Crippen LogP contribution in [0.5, 0.6) is 0 Å². The van der Waals surface area contributed by atoms with E-state index < -0.39 is 45.7 Å². The molecule has 1 atom stereocenters. The fourth-order valence-electron chi connectivity index (χ4n) is 4.74. The number of nitrogens with zero attached hydrogens (tertiary/aromatic N) is 3. The Hall–Kier alpha value is -1.99. The number of carbonyl (C=O) groups is 1. The van der Waals surface area contributed by atoms with Crippen molar-refractivity contribution in [3.8, 4) is 0 Å². The summed E-state index contributed by atoms with van der Waals surface area (Å²) < 4.78 is 95.0. The second kappa shape index (κ2) is 12.5. The van der Waals surface area contributed by atoms with E-state index >= 15 is 4.39 Å². The molecule has 14 heteroatoms. The minimum absolute atomic E-state index is 0.0228. The first-order valence-electron chi connectivity index (χ1n) is 12.3. The summed E-state index contributed by atoms with van der Waals surface area (Å²) in [7, 11) is -0.600. The molecule has 2 aromatic rings. The first-order valence-corrected chi connectivity index (χ1v) is 14.9. The molecule has 1 amide bonds. The smallest absolute Gasteiger partial charge is 0.338 e. The molecule has 6 nitrogen and oxygen atoms in total. The molecule has 0 aliphatic carbocycles. The monoisotopic (exact) mass is 629 g/mol. The average molecular weight is 631 g/mol. The number of carbonyl (C=O) groups excluding carboxylic acids is 1. The van der Waals surface area contributed by atoms with Crippen molar-refractivity contribution in [1.29, 1.82) is 0 Å². The van der Waals surface area contributed by atoms with Gasteiger partial charge in [0.25, 0.3) is 5.91 Å². The zero-order valence-electron chi connectivity index (χ0n) is 22.1. The number of hydrogen-bond acceptors (Lipinski definition) is 4. The van der Waals surface area contributed by atoms with E-state index in [1.165, 1.54) is 36.6 Å². The quantitative estimate of drug-likeness (QED) is 0.333. The Kier molecular flexibility index (Phi) is 10.1. The van der Waals surface area contributed by atoms with Gasteiger partial charge in [-0.25, -0.2) is 21.5 Å². The Labute approximate surface area is 240 Å². The number of hydrogen-bond donors (Lipinski definition) is 0. The fourth-order valence-corrected chi connectivity index (χ4v) is 5.79. The molecule has 1 unspecified atom stereocenters.